The summed E-state index contributed by atoms with van der Waals surface area (Å²) in [5.41, 5.74) is 1.67. The van der Waals surface area contributed by atoms with E-state index in [9.17, 15) is 4.79 Å². The van der Waals surface area contributed by atoms with E-state index in [-0.39, 0.29) is 18.1 Å². The van der Waals surface area contributed by atoms with Crippen molar-refractivity contribution in [3.05, 3.63) is 64.4 Å². The molecule has 22 heavy (non-hydrogen) atoms. The first-order valence-corrected chi connectivity index (χ1v) is 7.80. The highest BCUT2D eigenvalue weighted by molar-refractivity contribution is 7.71. The van der Waals surface area contributed by atoms with Crippen LogP contribution in [-0.2, 0) is 4.74 Å². The van der Waals surface area contributed by atoms with Crippen LogP contribution in [0.2, 0.25) is 0 Å². The van der Waals surface area contributed by atoms with Crippen LogP contribution in [0.5, 0.6) is 0 Å². The molecule has 1 amide bonds. The van der Waals surface area contributed by atoms with Crippen LogP contribution >= 0.6 is 12.2 Å². The van der Waals surface area contributed by atoms with Crippen LogP contribution in [0.15, 0.2) is 48.7 Å². The first kappa shape index (κ1) is 14.9. The molecule has 1 aliphatic rings. The fourth-order valence-corrected chi connectivity index (χ4v) is 2.92. The second-order valence-electron chi connectivity index (χ2n) is 5.38. The first-order valence-electron chi connectivity index (χ1n) is 7.39. The monoisotopic (exact) mass is 314 g/mol. The summed E-state index contributed by atoms with van der Waals surface area (Å²) in [4.78, 5) is 15.2. The van der Waals surface area contributed by atoms with Crippen LogP contribution in [0, 0.1) is 4.64 Å². The molecule has 3 rings (SSSR count). The highest BCUT2D eigenvalue weighted by Crippen LogP contribution is 2.28. The van der Waals surface area contributed by atoms with E-state index < -0.39 is 0 Å². The third-order valence-corrected chi connectivity index (χ3v) is 4.19. The van der Waals surface area contributed by atoms with E-state index in [0.717, 1.165) is 18.4 Å². The third kappa shape index (κ3) is 3.43. The summed E-state index contributed by atoms with van der Waals surface area (Å²) >= 11 is 5.15. The molecule has 114 valence electrons. The molecule has 0 spiro atoms. The van der Waals surface area contributed by atoms with E-state index in [1.54, 1.807) is 18.3 Å². The maximum atomic E-state index is 12.3. The molecule has 0 aliphatic carbocycles. The van der Waals surface area contributed by atoms with Crippen LogP contribution in [0.3, 0.4) is 0 Å². The van der Waals surface area contributed by atoms with Gasteiger partial charge in [-0.25, -0.2) is 0 Å². The number of aromatic nitrogens is 1. The van der Waals surface area contributed by atoms with Gasteiger partial charge in [-0.15, -0.1) is 0 Å². The van der Waals surface area contributed by atoms with Crippen LogP contribution in [0.4, 0.5) is 0 Å². The summed E-state index contributed by atoms with van der Waals surface area (Å²) in [6, 6.07) is 13.7. The van der Waals surface area contributed by atoms with Gasteiger partial charge in [0, 0.05) is 18.8 Å². The Bertz CT molecular complexity index is 699. The zero-order valence-electron chi connectivity index (χ0n) is 12.1. The Labute approximate surface area is 134 Å². The summed E-state index contributed by atoms with van der Waals surface area (Å²) in [7, 11) is 0. The van der Waals surface area contributed by atoms with Gasteiger partial charge in [0.15, 0.2) is 0 Å². The Hall–Kier alpha value is -1.98. The van der Waals surface area contributed by atoms with Gasteiger partial charge < -0.3 is 15.0 Å². The van der Waals surface area contributed by atoms with Gasteiger partial charge in [0.1, 0.15) is 4.64 Å². The SMILES string of the molecule is O=C(NC1CCOC(c2ccccc2)C1)c1ccc[nH]c1=S. The van der Waals surface area contributed by atoms with Gasteiger partial charge in [0.25, 0.3) is 5.91 Å². The molecule has 1 fully saturated rings. The zero-order valence-corrected chi connectivity index (χ0v) is 12.9. The first-order chi connectivity index (χ1) is 10.7. The Morgan fingerprint density at radius 1 is 1.23 bits per heavy atom. The van der Waals surface area contributed by atoms with Crippen molar-refractivity contribution in [1.29, 1.82) is 0 Å². The van der Waals surface area contributed by atoms with Crippen LogP contribution < -0.4 is 5.32 Å². The predicted octanol–water partition coefficient (Wildman–Crippen LogP) is 3.39. The molecule has 1 aromatic carbocycles. The lowest BCUT2D eigenvalue weighted by Crippen LogP contribution is -2.40. The van der Waals surface area contributed by atoms with E-state index in [2.05, 4.69) is 22.4 Å². The summed E-state index contributed by atoms with van der Waals surface area (Å²) in [6.45, 7) is 0.645. The molecule has 2 N–H and O–H groups in total. The van der Waals surface area contributed by atoms with Crippen molar-refractivity contribution >= 4 is 18.1 Å². The number of carbonyl (C=O) groups excluding carboxylic acids is 1. The fraction of sp³-hybridized carbons (Fsp3) is 0.294. The second kappa shape index (κ2) is 6.85. The lowest BCUT2D eigenvalue weighted by atomic mass is 9.97. The predicted molar refractivity (Wildman–Crippen MR) is 87.2 cm³/mol. The topological polar surface area (TPSA) is 54.1 Å². The number of nitrogens with one attached hydrogen (secondary N) is 2. The fourth-order valence-electron chi connectivity index (χ4n) is 2.69. The van der Waals surface area contributed by atoms with Crippen molar-refractivity contribution in [2.75, 3.05) is 6.61 Å². The Morgan fingerprint density at radius 3 is 2.82 bits per heavy atom. The zero-order chi connectivity index (χ0) is 15.4. The minimum Gasteiger partial charge on any atom is -0.373 e. The average molecular weight is 314 g/mol. The van der Waals surface area contributed by atoms with Crippen molar-refractivity contribution in [3.8, 4) is 0 Å². The largest absolute Gasteiger partial charge is 0.373 e. The summed E-state index contributed by atoms with van der Waals surface area (Å²) < 4.78 is 6.29. The summed E-state index contributed by atoms with van der Waals surface area (Å²) in [6.07, 6.45) is 3.35. The number of ether oxygens (including phenoxy) is 1. The maximum absolute atomic E-state index is 12.3. The van der Waals surface area contributed by atoms with Crippen molar-refractivity contribution in [1.82, 2.24) is 10.3 Å². The number of hydrogen-bond acceptors (Lipinski definition) is 3. The molecule has 2 atom stereocenters. The van der Waals surface area contributed by atoms with Crippen LogP contribution in [-0.4, -0.2) is 23.5 Å². The highest BCUT2D eigenvalue weighted by Gasteiger charge is 2.25. The average Bonchev–Trinajstić information content (AvgIpc) is 2.56. The molecule has 1 aromatic heterocycles. The van der Waals surface area contributed by atoms with Crippen LogP contribution in [0.25, 0.3) is 0 Å². The van der Waals surface area contributed by atoms with E-state index in [0.29, 0.717) is 16.8 Å². The minimum absolute atomic E-state index is 0.0329. The Balaban J connectivity index is 1.67. The van der Waals surface area contributed by atoms with Crippen molar-refractivity contribution in [2.45, 2.75) is 25.0 Å². The third-order valence-electron chi connectivity index (χ3n) is 3.85. The smallest absolute Gasteiger partial charge is 0.254 e. The number of pyridine rings is 1. The molecular formula is C17H18N2O2S. The van der Waals surface area contributed by atoms with Crippen molar-refractivity contribution in [3.63, 3.8) is 0 Å². The molecule has 0 radical (unpaired) electrons. The Kier molecular flexibility index (Phi) is 4.65. The number of H-pyrrole nitrogens is 1. The molecule has 1 saturated heterocycles. The summed E-state index contributed by atoms with van der Waals surface area (Å²) in [5.74, 6) is -0.124. The normalized spacial score (nSPS) is 21.3. The molecule has 0 saturated carbocycles. The lowest BCUT2D eigenvalue weighted by molar-refractivity contribution is 0.000900. The van der Waals surface area contributed by atoms with E-state index in [1.165, 1.54) is 0 Å². The number of aromatic amines is 1. The van der Waals surface area contributed by atoms with Gasteiger partial charge in [-0.3, -0.25) is 4.79 Å². The maximum Gasteiger partial charge on any atom is 0.254 e. The quantitative estimate of drug-likeness (QED) is 0.854. The minimum atomic E-state index is -0.124. The Morgan fingerprint density at radius 2 is 2.05 bits per heavy atom. The number of hydrogen-bond donors (Lipinski definition) is 2. The van der Waals surface area contributed by atoms with Gasteiger partial charge in [-0.2, -0.15) is 0 Å². The molecule has 1 aliphatic heterocycles. The number of amides is 1. The second-order valence-corrected chi connectivity index (χ2v) is 5.79. The molecule has 5 heteroatoms. The molecule has 0 bridgehead atoms. The van der Waals surface area contributed by atoms with Gasteiger partial charge in [-0.1, -0.05) is 42.5 Å². The van der Waals surface area contributed by atoms with Gasteiger partial charge in [0.2, 0.25) is 0 Å². The number of carbonyl (C=O) groups is 1. The molecule has 2 aromatic rings. The molecule has 2 heterocycles. The van der Waals surface area contributed by atoms with E-state index in [1.807, 2.05) is 18.2 Å². The van der Waals surface area contributed by atoms with Gasteiger partial charge in [-0.05, 0) is 30.5 Å². The van der Waals surface area contributed by atoms with Gasteiger partial charge in [0.05, 0.1) is 11.7 Å². The van der Waals surface area contributed by atoms with E-state index >= 15 is 0 Å². The number of rotatable bonds is 3. The standard InChI is InChI=1S/C17H18N2O2S/c20-16(14-7-4-9-18-17(14)22)19-13-8-10-21-15(11-13)12-5-2-1-3-6-12/h1-7,9,13,15H,8,10-11H2,(H,18,22)(H,19,20). The molecular weight excluding hydrogens is 296 g/mol. The highest BCUT2D eigenvalue weighted by atomic mass is 32.1. The number of benzene rings is 1. The molecule has 4 nitrogen and oxygen atoms in total. The van der Waals surface area contributed by atoms with Crippen LogP contribution in [0.1, 0.15) is 34.9 Å². The van der Waals surface area contributed by atoms with Gasteiger partial charge >= 0.3 is 0 Å². The summed E-state index contributed by atoms with van der Waals surface area (Å²) in [5, 5.41) is 3.07. The van der Waals surface area contributed by atoms with Crippen molar-refractivity contribution < 1.29 is 9.53 Å². The molecule has 2 unspecified atom stereocenters. The van der Waals surface area contributed by atoms with Crippen molar-refractivity contribution in [2.24, 2.45) is 0 Å². The lowest BCUT2D eigenvalue weighted by Gasteiger charge is -2.30. The van der Waals surface area contributed by atoms with E-state index in [4.69, 9.17) is 17.0 Å².